The molecule has 0 aliphatic carbocycles. The summed E-state index contributed by atoms with van der Waals surface area (Å²) in [4.78, 5) is 44.8. The number of anilines is 4. The Hall–Kier alpha value is -5.43. The lowest BCUT2D eigenvalue weighted by atomic mass is 10.1. The molecule has 0 spiro atoms. The number of aromatic nitrogens is 6. The molecule has 1 fully saturated rings. The van der Waals surface area contributed by atoms with Crippen LogP contribution in [0.4, 0.5) is 27.8 Å². The Labute approximate surface area is 241 Å². The van der Waals surface area contributed by atoms with Gasteiger partial charge in [0.25, 0.3) is 0 Å². The molecular formula is C29H28N10O3. The summed E-state index contributed by atoms with van der Waals surface area (Å²) in [5.41, 5.74) is 5.16. The van der Waals surface area contributed by atoms with Gasteiger partial charge >= 0.3 is 6.03 Å². The molecule has 6 rings (SSSR count). The molecular weight excluding hydrogens is 536 g/mol. The van der Waals surface area contributed by atoms with Crippen LogP contribution in [0.1, 0.15) is 6.92 Å². The minimum atomic E-state index is -0.451. The van der Waals surface area contributed by atoms with Crippen LogP contribution in [-0.2, 0) is 16.6 Å². The van der Waals surface area contributed by atoms with E-state index in [4.69, 9.17) is 19.7 Å². The van der Waals surface area contributed by atoms with Gasteiger partial charge in [-0.2, -0.15) is 5.10 Å². The van der Waals surface area contributed by atoms with E-state index in [1.807, 2.05) is 31.6 Å². The van der Waals surface area contributed by atoms with Gasteiger partial charge in [0.05, 0.1) is 24.9 Å². The molecule has 1 aromatic carbocycles. The fourth-order valence-electron chi connectivity index (χ4n) is 4.57. The third-order valence-corrected chi connectivity index (χ3v) is 6.59. The number of nitrogens with one attached hydrogen (secondary N) is 3. The second-order valence-electron chi connectivity index (χ2n) is 9.73. The summed E-state index contributed by atoms with van der Waals surface area (Å²) in [6.07, 6.45) is 7.16. The molecule has 0 radical (unpaired) electrons. The molecule has 0 saturated carbocycles. The number of urea groups is 1. The van der Waals surface area contributed by atoms with Crippen LogP contribution in [-0.4, -0.2) is 68.0 Å². The van der Waals surface area contributed by atoms with E-state index < -0.39 is 6.03 Å². The van der Waals surface area contributed by atoms with Gasteiger partial charge in [-0.3, -0.25) is 19.8 Å². The van der Waals surface area contributed by atoms with Crippen LogP contribution >= 0.6 is 0 Å². The molecule has 13 heteroatoms. The highest BCUT2D eigenvalue weighted by atomic mass is 16.5. The topological polar surface area (TPSA) is 152 Å². The van der Waals surface area contributed by atoms with Gasteiger partial charge in [0.2, 0.25) is 5.91 Å². The molecule has 0 bridgehead atoms. The molecule has 5 aromatic rings. The second kappa shape index (κ2) is 11.6. The van der Waals surface area contributed by atoms with Gasteiger partial charge in [-0.25, -0.2) is 19.7 Å². The fourth-order valence-corrected chi connectivity index (χ4v) is 4.57. The van der Waals surface area contributed by atoms with Crippen LogP contribution in [0.3, 0.4) is 0 Å². The quantitative estimate of drug-likeness (QED) is 0.279. The van der Waals surface area contributed by atoms with Crippen molar-refractivity contribution in [2.75, 3.05) is 47.2 Å². The number of rotatable bonds is 6. The Morgan fingerprint density at radius 1 is 0.833 bits per heavy atom. The smallest absolute Gasteiger partial charge is 0.324 e. The number of amides is 3. The molecule has 1 aliphatic rings. The summed E-state index contributed by atoms with van der Waals surface area (Å²) < 4.78 is 7.29. The molecule has 13 nitrogen and oxygen atoms in total. The van der Waals surface area contributed by atoms with Gasteiger partial charge in [-0.15, -0.1) is 0 Å². The Bertz CT molecular complexity index is 1750. The zero-order valence-corrected chi connectivity index (χ0v) is 23.0. The average Bonchev–Trinajstić information content (AvgIpc) is 3.44. The number of ether oxygens (including phenoxy) is 1. The third-order valence-electron chi connectivity index (χ3n) is 6.59. The van der Waals surface area contributed by atoms with Gasteiger partial charge in [0, 0.05) is 73.7 Å². The molecule has 1 aliphatic heterocycles. The van der Waals surface area contributed by atoms with Crippen LogP contribution in [0.5, 0.6) is 0 Å². The lowest BCUT2D eigenvalue weighted by molar-refractivity contribution is -0.114. The van der Waals surface area contributed by atoms with Crippen molar-refractivity contribution in [3.05, 3.63) is 67.3 Å². The Morgan fingerprint density at radius 3 is 2.24 bits per heavy atom. The summed E-state index contributed by atoms with van der Waals surface area (Å²) in [5, 5.41) is 12.4. The van der Waals surface area contributed by atoms with Crippen molar-refractivity contribution in [1.29, 1.82) is 0 Å². The number of nitrogens with zero attached hydrogens (tertiary/aromatic N) is 7. The highest BCUT2D eigenvalue weighted by molar-refractivity contribution is 5.99. The largest absolute Gasteiger partial charge is 0.378 e. The first-order valence-electron chi connectivity index (χ1n) is 13.3. The summed E-state index contributed by atoms with van der Waals surface area (Å²) in [7, 11) is 1.87. The van der Waals surface area contributed by atoms with Crippen molar-refractivity contribution in [3.8, 4) is 22.5 Å². The SMILES string of the molecule is CC(=O)Nc1ccc(NC(=O)Nc2ccc(-c3nc(N4CCOCC4)c4ncc(-c5cnn(C)c5)cc4n3)cn2)cc1. The lowest BCUT2D eigenvalue weighted by Gasteiger charge is -2.28. The predicted molar refractivity (Wildman–Crippen MR) is 159 cm³/mol. The van der Waals surface area contributed by atoms with Gasteiger partial charge in [0.15, 0.2) is 11.6 Å². The molecule has 212 valence electrons. The monoisotopic (exact) mass is 564 g/mol. The summed E-state index contributed by atoms with van der Waals surface area (Å²) in [5.74, 6) is 1.43. The van der Waals surface area contributed by atoms with E-state index in [-0.39, 0.29) is 5.91 Å². The summed E-state index contributed by atoms with van der Waals surface area (Å²) >= 11 is 0. The van der Waals surface area contributed by atoms with Gasteiger partial charge in [-0.1, -0.05) is 0 Å². The van der Waals surface area contributed by atoms with Crippen molar-refractivity contribution >= 4 is 46.0 Å². The van der Waals surface area contributed by atoms with Crippen molar-refractivity contribution in [1.82, 2.24) is 29.7 Å². The van der Waals surface area contributed by atoms with E-state index in [9.17, 15) is 9.59 Å². The molecule has 4 aromatic heterocycles. The summed E-state index contributed by atoms with van der Waals surface area (Å²) in [6.45, 7) is 4.05. The Balaban J connectivity index is 1.24. The molecule has 0 unspecified atom stereocenters. The minimum Gasteiger partial charge on any atom is -0.378 e. The van der Waals surface area contributed by atoms with Crippen LogP contribution in [0.15, 0.2) is 67.3 Å². The van der Waals surface area contributed by atoms with Crippen molar-refractivity contribution in [2.45, 2.75) is 6.92 Å². The number of benzene rings is 1. The maximum absolute atomic E-state index is 12.5. The minimum absolute atomic E-state index is 0.166. The van der Waals surface area contributed by atoms with Crippen LogP contribution in [0.25, 0.3) is 33.5 Å². The molecule has 3 N–H and O–H groups in total. The highest BCUT2D eigenvalue weighted by Gasteiger charge is 2.20. The van der Waals surface area contributed by atoms with Gasteiger partial charge in [0.1, 0.15) is 11.3 Å². The number of hydrogen-bond donors (Lipinski definition) is 3. The maximum Gasteiger partial charge on any atom is 0.324 e. The third kappa shape index (κ3) is 6.00. The number of carbonyl (C=O) groups excluding carboxylic acids is 2. The highest BCUT2D eigenvalue weighted by Crippen LogP contribution is 2.30. The predicted octanol–water partition coefficient (Wildman–Crippen LogP) is 3.93. The van der Waals surface area contributed by atoms with E-state index in [1.165, 1.54) is 6.92 Å². The van der Waals surface area contributed by atoms with Crippen molar-refractivity contribution < 1.29 is 14.3 Å². The molecule has 3 amide bonds. The zero-order valence-electron chi connectivity index (χ0n) is 23.0. The first-order chi connectivity index (χ1) is 20.4. The Morgan fingerprint density at radius 2 is 1.57 bits per heavy atom. The number of hydrogen-bond acceptors (Lipinski definition) is 9. The molecule has 1 saturated heterocycles. The van der Waals surface area contributed by atoms with E-state index in [0.717, 1.165) is 16.9 Å². The van der Waals surface area contributed by atoms with Crippen molar-refractivity contribution in [3.63, 3.8) is 0 Å². The van der Waals surface area contributed by atoms with E-state index in [1.54, 1.807) is 47.4 Å². The van der Waals surface area contributed by atoms with Crippen LogP contribution < -0.4 is 20.9 Å². The molecule has 42 heavy (non-hydrogen) atoms. The standard InChI is InChI=1S/C29H28N10O3/c1-18(40)33-22-4-6-23(7-5-22)34-29(41)36-25-8-3-19(14-30-25)27-35-24-13-20(21-16-32-38(2)17-21)15-31-26(24)28(37-27)39-9-11-42-12-10-39/h3-8,13-17H,9-12H2,1-2H3,(H,33,40)(H2,30,34,36,41). The van der Waals surface area contributed by atoms with E-state index in [2.05, 4.69) is 30.9 Å². The number of morpholine rings is 1. The van der Waals surface area contributed by atoms with Crippen molar-refractivity contribution in [2.24, 2.45) is 7.05 Å². The second-order valence-corrected chi connectivity index (χ2v) is 9.73. The average molecular weight is 565 g/mol. The van der Waals surface area contributed by atoms with Crippen LogP contribution in [0, 0.1) is 0 Å². The number of carbonyl (C=O) groups is 2. The van der Waals surface area contributed by atoms with Gasteiger partial charge in [-0.05, 0) is 42.5 Å². The van der Waals surface area contributed by atoms with E-state index in [0.29, 0.717) is 65.9 Å². The first kappa shape index (κ1) is 26.8. The summed E-state index contributed by atoms with van der Waals surface area (Å²) in [6, 6.07) is 11.8. The van der Waals surface area contributed by atoms with Crippen LogP contribution in [0.2, 0.25) is 0 Å². The maximum atomic E-state index is 12.5. The zero-order chi connectivity index (χ0) is 29.1. The molecule has 5 heterocycles. The fraction of sp³-hybridized carbons (Fsp3) is 0.207. The lowest BCUT2D eigenvalue weighted by Crippen LogP contribution is -2.37. The number of fused-ring (bicyclic) bond motifs is 1. The normalized spacial score (nSPS) is 13.1. The van der Waals surface area contributed by atoms with Gasteiger partial charge < -0.3 is 20.3 Å². The van der Waals surface area contributed by atoms with E-state index >= 15 is 0 Å². The number of aryl methyl sites for hydroxylation is 1. The number of pyridine rings is 2. The Kier molecular flexibility index (Phi) is 7.39. The first-order valence-corrected chi connectivity index (χ1v) is 13.3. The molecule has 0 atom stereocenters.